The molecule has 1 aromatic carbocycles. The predicted octanol–water partition coefficient (Wildman–Crippen LogP) is 0.614. The van der Waals surface area contributed by atoms with Crippen LogP contribution in [0.2, 0.25) is 0 Å². The lowest BCUT2D eigenvalue weighted by Crippen LogP contribution is -2.52. The molecule has 0 radical (unpaired) electrons. The van der Waals surface area contributed by atoms with E-state index in [2.05, 4.69) is 17.1 Å². The minimum absolute atomic E-state index is 0.0349. The van der Waals surface area contributed by atoms with Crippen LogP contribution in [0.25, 0.3) is 0 Å². The number of amides is 2. The number of sulfonamides is 1. The summed E-state index contributed by atoms with van der Waals surface area (Å²) in [5.74, 6) is 0. The third kappa shape index (κ3) is 5.47. The molecular formula is C16H26N4O3S. The van der Waals surface area contributed by atoms with Gasteiger partial charge < -0.3 is 10.2 Å². The number of piperazine rings is 1. The molecule has 7 nitrogen and oxygen atoms in total. The van der Waals surface area contributed by atoms with E-state index in [0.717, 1.165) is 44.7 Å². The smallest absolute Gasteiger partial charge is 0.317 e. The summed E-state index contributed by atoms with van der Waals surface area (Å²) in [6.07, 6.45) is 1.78. The number of nitrogens with two attached hydrogens (primary N) is 1. The van der Waals surface area contributed by atoms with Crippen molar-refractivity contribution in [3.05, 3.63) is 29.8 Å². The van der Waals surface area contributed by atoms with Crippen molar-refractivity contribution in [2.45, 2.75) is 24.7 Å². The fourth-order valence-corrected chi connectivity index (χ4v) is 3.28. The van der Waals surface area contributed by atoms with E-state index >= 15 is 0 Å². The van der Waals surface area contributed by atoms with Crippen molar-refractivity contribution in [1.29, 1.82) is 0 Å². The number of nitrogens with one attached hydrogen (secondary N) is 1. The van der Waals surface area contributed by atoms with Crippen molar-refractivity contribution < 1.29 is 13.2 Å². The number of primary sulfonamides is 1. The molecule has 1 fully saturated rings. The normalized spacial score (nSPS) is 16.2. The first-order valence-electron chi connectivity index (χ1n) is 8.27. The van der Waals surface area contributed by atoms with Crippen molar-refractivity contribution in [3.63, 3.8) is 0 Å². The van der Waals surface area contributed by atoms with Gasteiger partial charge in [0.25, 0.3) is 0 Å². The number of carbonyl (C=O) groups excluding carboxylic acids is 1. The molecule has 0 aromatic heterocycles. The summed E-state index contributed by atoms with van der Waals surface area (Å²) in [7, 11) is -3.66. The molecular weight excluding hydrogens is 328 g/mol. The van der Waals surface area contributed by atoms with Gasteiger partial charge in [-0.2, -0.15) is 0 Å². The first kappa shape index (κ1) is 18.7. The Kier molecular flexibility index (Phi) is 6.59. The highest BCUT2D eigenvalue weighted by molar-refractivity contribution is 7.89. The van der Waals surface area contributed by atoms with Crippen LogP contribution in [0, 0.1) is 0 Å². The van der Waals surface area contributed by atoms with Crippen molar-refractivity contribution in [1.82, 2.24) is 15.1 Å². The van der Waals surface area contributed by atoms with Crippen LogP contribution in [-0.2, 0) is 16.4 Å². The number of benzene rings is 1. The number of urea groups is 1. The Labute approximate surface area is 143 Å². The summed E-state index contributed by atoms with van der Waals surface area (Å²) in [5.41, 5.74) is 0.954. The lowest BCUT2D eigenvalue weighted by molar-refractivity contribution is 0.139. The second-order valence-electron chi connectivity index (χ2n) is 6.00. The summed E-state index contributed by atoms with van der Waals surface area (Å²) in [5, 5.41) is 7.98. The maximum atomic E-state index is 12.1. The molecule has 1 heterocycles. The first-order valence-corrected chi connectivity index (χ1v) is 9.81. The van der Waals surface area contributed by atoms with Gasteiger partial charge >= 0.3 is 6.03 Å². The third-order valence-electron chi connectivity index (χ3n) is 4.14. The van der Waals surface area contributed by atoms with E-state index in [0.29, 0.717) is 13.0 Å². The minimum atomic E-state index is -3.66. The average molecular weight is 354 g/mol. The minimum Gasteiger partial charge on any atom is -0.338 e. The molecule has 2 amide bonds. The number of nitrogens with zero attached hydrogens (tertiary/aromatic N) is 2. The van der Waals surface area contributed by atoms with Gasteiger partial charge in [-0.3, -0.25) is 4.90 Å². The van der Waals surface area contributed by atoms with Gasteiger partial charge in [0, 0.05) is 32.7 Å². The number of carbonyl (C=O) groups is 1. The van der Waals surface area contributed by atoms with E-state index in [9.17, 15) is 13.2 Å². The molecule has 0 bridgehead atoms. The summed E-state index contributed by atoms with van der Waals surface area (Å²) < 4.78 is 22.4. The Morgan fingerprint density at radius 3 is 2.33 bits per heavy atom. The molecule has 1 aliphatic rings. The Hall–Kier alpha value is -1.64. The van der Waals surface area contributed by atoms with Crippen LogP contribution in [0.5, 0.6) is 0 Å². The van der Waals surface area contributed by atoms with Crippen LogP contribution in [-0.4, -0.2) is 63.5 Å². The molecule has 2 rings (SSSR count). The van der Waals surface area contributed by atoms with E-state index in [4.69, 9.17) is 5.14 Å². The topological polar surface area (TPSA) is 95.7 Å². The van der Waals surface area contributed by atoms with Crippen molar-refractivity contribution in [2.75, 3.05) is 39.3 Å². The highest BCUT2D eigenvalue weighted by Crippen LogP contribution is 2.09. The van der Waals surface area contributed by atoms with Gasteiger partial charge in [0.05, 0.1) is 4.90 Å². The fourth-order valence-electron chi connectivity index (χ4n) is 2.76. The largest absolute Gasteiger partial charge is 0.338 e. The van der Waals surface area contributed by atoms with Crippen LogP contribution in [0.15, 0.2) is 29.2 Å². The van der Waals surface area contributed by atoms with Crippen LogP contribution < -0.4 is 10.5 Å². The zero-order chi connectivity index (χ0) is 17.6. The van der Waals surface area contributed by atoms with Crippen molar-refractivity contribution in [3.8, 4) is 0 Å². The Morgan fingerprint density at radius 1 is 1.17 bits per heavy atom. The summed E-state index contributed by atoms with van der Waals surface area (Å²) in [6.45, 7) is 7.14. The lowest BCUT2D eigenvalue weighted by atomic mass is 10.1. The lowest BCUT2D eigenvalue weighted by Gasteiger charge is -2.34. The SMILES string of the molecule is CCCN1CCN(C(=O)NCCc2ccc(S(N)(=O)=O)cc2)CC1. The van der Waals surface area contributed by atoms with Gasteiger partial charge in [0.1, 0.15) is 0 Å². The Morgan fingerprint density at radius 2 is 1.79 bits per heavy atom. The zero-order valence-electron chi connectivity index (χ0n) is 14.1. The molecule has 0 unspecified atom stereocenters. The van der Waals surface area contributed by atoms with Crippen LogP contribution >= 0.6 is 0 Å². The quantitative estimate of drug-likeness (QED) is 0.782. The summed E-state index contributed by atoms with van der Waals surface area (Å²) in [6, 6.07) is 6.37. The van der Waals surface area contributed by atoms with Gasteiger partial charge in [-0.25, -0.2) is 18.4 Å². The van der Waals surface area contributed by atoms with Gasteiger partial charge in [0.2, 0.25) is 10.0 Å². The molecule has 0 spiro atoms. The maximum absolute atomic E-state index is 12.1. The Balaban J connectivity index is 1.73. The number of rotatable bonds is 6. The summed E-state index contributed by atoms with van der Waals surface area (Å²) in [4.78, 5) is 16.5. The van der Waals surface area contributed by atoms with E-state index < -0.39 is 10.0 Å². The van der Waals surface area contributed by atoms with Crippen LogP contribution in [0.1, 0.15) is 18.9 Å². The standard InChI is InChI=1S/C16H26N4O3S/c1-2-9-19-10-12-20(13-11-19)16(21)18-8-7-14-3-5-15(6-4-14)24(17,22)23/h3-6H,2,7-13H2,1H3,(H,18,21)(H2,17,22,23). The molecule has 134 valence electrons. The number of hydrogen-bond donors (Lipinski definition) is 2. The molecule has 1 aromatic rings. The van der Waals surface area contributed by atoms with E-state index in [1.54, 1.807) is 12.1 Å². The molecule has 0 aliphatic carbocycles. The molecule has 1 saturated heterocycles. The monoisotopic (exact) mass is 354 g/mol. The molecule has 24 heavy (non-hydrogen) atoms. The fraction of sp³-hybridized carbons (Fsp3) is 0.562. The highest BCUT2D eigenvalue weighted by Gasteiger charge is 2.19. The van der Waals surface area contributed by atoms with E-state index in [-0.39, 0.29) is 10.9 Å². The van der Waals surface area contributed by atoms with Gasteiger partial charge in [-0.1, -0.05) is 19.1 Å². The molecule has 0 atom stereocenters. The highest BCUT2D eigenvalue weighted by atomic mass is 32.2. The van der Waals surface area contributed by atoms with Gasteiger partial charge in [-0.05, 0) is 37.1 Å². The van der Waals surface area contributed by atoms with Crippen molar-refractivity contribution in [2.24, 2.45) is 5.14 Å². The van der Waals surface area contributed by atoms with E-state index in [1.807, 2.05) is 4.90 Å². The first-order chi connectivity index (χ1) is 11.4. The molecule has 8 heteroatoms. The van der Waals surface area contributed by atoms with E-state index in [1.165, 1.54) is 12.1 Å². The van der Waals surface area contributed by atoms with Crippen molar-refractivity contribution >= 4 is 16.1 Å². The van der Waals surface area contributed by atoms with Gasteiger partial charge in [0.15, 0.2) is 0 Å². The second-order valence-corrected chi connectivity index (χ2v) is 7.56. The Bertz CT molecular complexity index is 638. The number of hydrogen-bond acceptors (Lipinski definition) is 4. The van der Waals surface area contributed by atoms with Crippen LogP contribution in [0.4, 0.5) is 4.79 Å². The molecule has 0 saturated carbocycles. The van der Waals surface area contributed by atoms with Crippen LogP contribution in [0.3, 0.4) is 0 Å². The second kappa shape index (κ2) is 8.46. The average Bonchev–Trinajstić information content (AvgIpc) is 2.55. The predicted molar refractivity (Wildman–Crippen MR) is 93.2 cm³/mol. The zero-order valence-corrected chi connectivity index (χ0v) is 14.9. The molecule has 3 N–H and O–H groups in total. The maximum Gasteiger partial charge on any atom is 0.317 e. The van der Waals surface area contributed by atoms with Gasteiger partial charge in [-0.15, -0.1) is 0 Å². The third-order valence-corrected chi connectivity index (χ3v) is 5.07. The molecule has 1 aliphatic heterocycles. The summed E-state index contributed by atoms with van der Waals surface area (Å²) >= 11 is 0.